The minimum Gasteiger partial charge on any atom is -0.480 e. The number of aliphatic carboxylic acids is 1. The van der Waals surface area contributed by atoms with E-state index < -0.39 is 22.8 Å². The van der Waals surface area contributed by atoms with Crippen LogP contribution in [0, 0.1) is 5.92 Å². The number of rotatable bonds is 4. The number of hydrogen-bond donors (Lipinski definition) is 1. The van der Waals surface area contributed by atoms with Gasteiger partial charge in [0, 0.05) is 35.3 Å². The number of amides is 1. The third-order valence-corrected chi connectivity index (χ3v) is 3.70. The van der Waals surface area contributed by atoms with Crippen molar-refractivity contribution in [1.82, 2.24) is 4.90 Å². The van der Waals surface area contributed by atoms with Crippen molar-refractivity contribution >= 4 is 22.7 Å². The van der Waals surface area contributed by atoms with Gasteiger partial charge in [-0.2, -0.15) is 0 Å². The molecule has 0 spiro atoms. The lowest BCUT2D eigenvalue weighted by Crippen LogP contribution is -2.43. The maximum Gasteiger partial charge on any atom is 0.326 e. The molecule has 1 N–H and O–H groups in total. The van der Waals surface area contributed by atoms with Crippen LogP contribution < -0.4 is 0 Å². The molecule has 0 saturated carbocycles. The van der Waals surface area contributed by atoms with Crippen LogP contribution >= 0.6 is 0 Å². The average Bonchev–Trinajstić information content (AvgIpc) is 2.63. The zero-order chi connectivity index (χ0) is 12.3. The molecule has 0 aliphatic carbocycles. The molecule has 5 nitrogen and oxygen atoms in total. The molecule has 1 aliphatic rings. The number of carboxylic acids is 1. The lowest BCUT2D eigenvalue weighted by Gasteiger charge is -2.24. The molecule has 92 valence electrons. The van der Waals surface area contributed by atoms with Crippen LogP contribution in [0.2, 0.25) is 0 Å². The predicted molar refractivity (Wildman–Crippen MR) is 60.5 cm³/mol. The molecule has 0 radical (unpaired) electrons. The fourth-order valence-corrected chi connectivity index (χ4v) is 2.84. The highest BCUT2D eigenvalue weighted by Crippen LogP contribution is 2.20. The number of carbonyl (C=O) groups is 2. The molecular weight excluding hydrogens is 230 g/mol. The monoisotopic (exact) mass is 247 g/mol. The predicted octanol–water partition coefficient (Wildman–Crippen LogP) is 0.0766. The number of hydrogen-bond acceptors (Lipinski definition) is 3. The van der Waals surface area contributed by atoms with Gasteiger partial charge in [0.15, 0.2) is 0 Å². The van der Waals surface area contributed by atoms with Crippen molar-refractivity contribution in [2.45, 2.75) is 25.8 Å². The Morgan fingerprint density at radius 3 is 2.69 bits per heavy atom. The van der Waals surface area contributed by atoms with E-state index in [1.54, 1.807) is 13.2 Å². The third kappa shape index (κ3) is 3.04. The van der Waals surface area contributed by atoms with E-state index in [0.29, 0.717) is 18.7 Å². The second kappa shape index (κ2) is 5.43. The van der Waals surface area contributed by atoms with Crippen LogP contribution in [0.1, 0.15) is 19.8 Å². The standard InChI is InChI=1S/C10H17NO4S/c1-7(6-16(2)15)9(12)11-5-3-4-8(11)10(13)14/h7-8H,3-6H2,1-2H3,(H,13,14)/t7?,8-,16?/m0/s1. The van der Waals surface area contributed by atoms with E-state index in [0.717, 1.165) is 6.42 Å². The fraction of sp³-hybridized carbons (Fsp3) is 0.800. The Hall–Kier alpha value is -0.910. The minimum atomic E-state index is -1.03. The number of carboxylic acid groups (broad SMARTS) is 1. The van der Waals surface area contributed by atoms with Gasteiger partial charge in [0.1, 0.15) is 6.04 Å². The summed E-state index contributed by atoms with van der Waals surface area (Å²) in [4.78, 5) is 24.2. The highest BCUT2D eigenvalue weighted by atomic mass is 32.2. The van der Waals surface area contributed by atoms with E-state index in [4.69, 9.17) is 5.11 Å². The smallest absolute Gasteiger partial charge is 0.326 e. The molecule has 1 heterocycles. The Labute approximate surface area is 97.3 Å². The summed E-state index contributed by atoms with van der Waals surface area (Å²) >= 11 is 0. The van der Waals surface area contributed by atoms with Crippen LogP contribution in [0.3, 0.4) is 0 Å². The maximum atomic E-state index is 11.9. The van der Waals surface area contributed by atoms with Gasteiger partial charge in [-0.3, -0.25) is 9.00 Å². The first kappa shape index (κ1) is 13.2. The van der Waals surface area contributed by atoms with Gasteiger partial charge in [-0.25, -0.2) is 4.79 Å². The molecule has 0 aromatic heterocycles. The van der Waals surface area contributed by atoms with Gasteiger partial charge in [-0.15, -0.1) is 0 Å². The van der Waals surface area contributed by atoms with Crippen LogP contribution in [-0.4, -0.2) is 50.7 Å². The van der Waals surface area contributed by atoms with E-state index in [1.807, 2.05) is 0 Å². The van der Waals surface area contributed by atoms with Crippen molar-refractivity contribution < 1.29 is 18.9 Å². The van der Waals surface area contributed by atoms with Crippen LogP contribution in [0.4, 0.5) is 0 Å². The number of carbonyl (C=O) groups excluding carboxylic acids is 1. The SMILES string of the molecule is CC(CS(C)=O)C(=O)N1CCC[C@H]1C(=O)O. The molecule has 3 atom stereocenters. The topological polar surface area (TPSA) is 74.7 Å². The summed E-state index contributed by atoms with van der Waals surface area (Å²) in [6.45, 7) is 2.19. The maximum absolute atomic E-state index is 11.9. The van der Waals surface area contributed by atoms with Crippen molar-refractivity contribution in [3.05, 3.63) is 0 Å². The lowest BCUT2D eigenvalue weighted by molar-refractivity contribution is -0.149. The molecule has 1 aliphatic heterocycles. The third-order valence-electron chi connectivity index (χ3n) is 2.73. The molecule has 1 amide bonds. The van der Waals surface area contributed by atoms with Crippen LogP contribution in [-0.2, 0) is 20.4 Å². The first-order valence-corrected chi connectivity index (χ1v) is 6.99. The van der Waals surface area contributed by atoms with E-state index >= 15 is 0 Å². The van der Waals surface area contributed by atoms with E-state index in [1.165, 1.54) is 4.90 Å². The van der Waals surface area contributed by atoms with Crippen LogP contribution in [0.25, 0.3) is 0 Å². The summed E-state index contributed by atoms with van der Waals surface area (Å²) in [6, 6.07) is -0.694. The molecule has 16 heavy (non-hydrogen) atoms. The largest absolute Gasteiger partial charge is 0.480 e. The van der Waals surface area contributed by atoms with Gasteiger partial charge in [0.2, 0.25) is 5.91 Å². The van der Waals surface area contributed by atoms with Gasteiger partial charge in [-0.05, 0) is 12.8 Å². The van der Waals surface area contributed by atoms with Gasteiger partial charge in [-0.1, -0.05) is 6.92 Å². The van der Waals surface area contributed by atoms with Crippen molar-refractivity contribution in [2.24, 2.45) is 5.92 Å². The molecule has 6 heteroatoms. The van der Waals surface area contributed by atoms with E-state index in [2.05, 4.69) is 0 Å². The van der Waals surface area contributed by atoms with Crippen LogP contribution in [0.15, 0.2) is 0 Å². The second-order valence-electron chi connectivity index (χ2n) is 4.17. The molecule has 1 rings (SSSR count). The first-order chi connectivity index (χ1) is 7.43. The summed E-state index contributed by atoms with van der Waals surface area (Å²) < 4.78 is 11.0. The summed E-state index contributed by atoms with van der Waals surface area (Å²) in [5, 5.41) is 8.94. The molecule has 0 aromatic carbocycles. The Kier molecular flexibility index (Phi) is 4.46. The normalized spacial score (nSPS) is 24.1. The zero-order valence-corrected chi connectivity index (χ0v) is 10.3. The van der Waals surface area contributed by atoms with Crippen molar-refractivity contribution in [1.29, 1.82) is 0 Å². The van der Waals surface area contributed by atoms with Crippen molar-refractivity contribution in [3.8, 4) is 0 Å². The van der Waals surface area contributed by atoms with E-state index in [9.17, 15) is 13.8 Å². The van der Waals surface area contributed by atoms with Crippen molar-refractivity contribution in [2.75, 3.05) is 18.6 Å². The highest BCUT2D eigenvalue weighted by molar-refractivity contribution is 7.84. The average molecular weight is 247 g/mol. The number of likely N-dealkylation sites (tertiary alicyclic amines) is 1. The van der Waals surface area contributed by atoms with Gasteiger partial charge >= 0.3 is 5.97 Å². The number of nitrogens with zero attached hydrogens (tertiary/aromatic N) is 1. The molecule has 1 saturated heterocycles. The fourth-order valence-electron chi connectivity index (χ4n) is 1.99. The molecule has 2 unspecified atom stereocenters. The quantitative estimate of drug-likeness (QED) is 0.763. The highest BCUT2D eigenvalue weighted by Gasteiger charge is 2.35. The molecule has 0 aromatic rings. The Bertz CT molecular complexity index is 318. The lowest BCUT2D eigenvalue weighted by atomic mass is 10.1. The van der Waals surface area contributed by atoms with Gasteiger partial charge in [0.25, 0.3) is 0 Å². The molecule has 1 fully saturated rings. The Morgan fingerprint density at radius 2 is 2.19 bits per heavy atom. The van der Waals surface area contributed by atoms with Crippen molar-refractivity contribution in [3.63, 3.8) is 0 Å². The minimum absolute atomic E-state index is 0.194. The van der Waals surface area contributed by atoms with Gasteiger partial charge in [0.05, 0.1) is 0 Å². The summed E-state index contributed by atoms with van der Waals surface area (Å²) in [6.07, 6.45) is 2.79. The summed E-state index contributed by atoms with van der Waals surface area (Å²) in [5.74, 6) is -1.22. The van der Waals surface area contributed by atoms with E-state index in [-0.39, 0.29) is 11.8 Å². The summed E-state index contributed by atoms with van der Waals surface area (Å²) in [7, 11) is -1.03. The Balaban J connectivity index is 2.65. The van der Waals surface area contributed by atoms with Gasteiger partial charge < -0.3 is 10.0 Å². The van der Waals surface area contributed by atoms with Crippen LogP contribution in [0.5, 0.6) is 0 Å². The molecular formula is C10H17NO4S. The summed E-state index contributed by atoms with van der Waals surface area (Å²) in [5.41, 5.74) is 0. The first-order valence-electron chi connectivity index (χ1n) is 5.26. The molecule has 0 bridgehead atoms. The zero-order valence-electron chi connectivity index (χ0n) is 9.51. The second-order valence-corrected chi connectivity index (χ2v) is 5.65. The Morgan fingerprint density at radius 1 is 1.56 bits per heavy atom.